The Bertz CT molecular complexity index is 847. The van der Waals surface area contributed by atoms with Crippen LogP contribution in [0.4, 0.5) is 18.9 Å². The zero-order chi connectivity index (χ0) is 20.4. The summed E-state index contributed by atoms with van der Waals surface area (Å²) in [5.41, 5.74) is -0.735. The lowest BCUT2D eigenvalue weighted by atomic mass is 10.00. The lowest BCUT2D eigenvalue weighted by molar-refractivity contribution is -0.137. The first-order valence-electron chi connectivity index (χ1n) is 7.96. The third kappa shape index (κ3) is 4.78. The fraction of sp³-hybridized carbons (Fsp3) is 0.263. The predicted molar refractivity (Wildman–Crippen MR) is 93.0 cm³/mol. The van der Waals surface area contributed by atoms with Crippen LogP contribution in [0, 0.1) is 0 Å². The van der Waals surface area contributed by atoms with Crippen LogP contribution in [0.5, 0.6) is 5.75 Å². The minimum atomic E-state index is -4.63. The van der Waals surface area contributed by atoms with E-state index in [9.17, 15) is 27.9 Å². The molecule has 0 heterocycles. The second-order valence-corrected chi connectivity index (χ2v) is 5.94. The Hall–Kier alpha value is -3.03. The minimum absolute atomic E-state index is 0.125. The molecule has 0 aromatic heterocycles. The SMILES string of the molecule is CC(=O)N(C)c1ccc(OC(C)c2ccc(C(F)(F)F)cc2C(=O)O)cc1. The van der Waals surface area contributed by atoms with Gasteiger partial charge in [0.25, 0.3) is 0 Å². The molecular weight excluding hydrogens is 363 g/mol. The Kier molecular flexibility index (Phi) is 5.78. The average molecular weight is 381 g/mol. The molecule has 0 saturated carbocycles. The van der Waals surface area contributed by atoms with Crippen molar-refractivity contribution in [3.05, 3.63) is 59.2 Å². The normalized spacial score (nSPS) is 12.4. The zero-order valence-electron chi connectivity index (χ0n) is 14.9. The van der Waals surface area contributed by atoms with Gasteiger partial charge < -0.3 is 14.7 Å². The number of rotatable bonds is 5. The third-order valence-corrected chi connectivity index (χ3v) is 4.06. The minimum Gasteiger partial charge on any atom is -0.486 e. The molecule has 0 radical (unpaired) electrons. The van der Waals surface area contributed by atoms with Crippen LogP contribution < -0.4 is 9.64 Å². The van der Waals surface area contributed by atoms with Crippen molar-refractivity contribution in [2.75, 3.05) is 11.9 Å². The predicted octanol–water partition coefficient (Wildman–Crippen LogP) is 4.53. The molecular formula is C19H18F3NO4. The summed E-state index contributed by atoms with van der Waals surface area (Å²) in [6.07, 6.45) is -5.43. The number of carboxylic acids is 1. The highest BCUT2D eigenvalue weighted by atomic mass is 19.4. The first-order chi connectivity index (χ1) is 12.5. The van der Waals surface area contributed by atoms with Crippen LogP contribution in [0.25, 0.3) is 0 Å². The fourth-order valence-electron chi connectivity index (χ4n) is 2.47. The summed E-state index contributed by atoms with van der Waals surface area (Å²) in [6, 6.07) is 9.01. The molecule has 0 bridgehead atoms. The molecule has 1 atom stereocenters. The van der Waals surface area contributed by atoms with Gasteiger partial charge in [-0.2, -0.15) is 13.2 Å². The number of nitrogens with zero attached hydrogens (tertiary/aromatic N) is 1. The van der Waals surface area contributed by atoms with Crippen LogP contribution in [-0.4, -0.2) is 24.0 Å². The molecule has 0 aliphatic rings. The van der Waals surface area contributed by atoms with E-state index in [0.29, 0.717) is 17.5 Å². The van der Waals surface area contributed by atoms with Gasteiger partial charge in [0.1, 0.15) is 11.9 Å². The molecule has 1 N–H and O–H groups in total. The number of hydrogen-bond acceptors (Lipinski definition) is 3. The number of carbonyl (C=O) groups is 2. The third-order valence-electron chi connectivity index (χ3n) is 4.06. The summed E-state index contributed by atoms with van der Waals surface area (Å²) in [5, 5.41) is 9.26. The van der Waals surface area contributed by atoms with Crippen molar-refractivity contribution in [2.45, 2.75) is 26.1 Å². The van der Waals surface area contributed by atoms with Gasteiger partial charge >= 0.3 is 12.1 Å². The van der Waals surface area contributed by atoms with E-state index in [2.05, 4.69) is 0 Å². The highest BCUT2D eigenvalue weighted by molar-refractivity contribution is 5.91. The molecule has 0 saturated heterocycles. The molecule has 2 rings (SSSR count). The summed E-state index contributed by atoms with van der Waals surface area (Å²) in [6.45, 7) is 2.97. The number of carbonyl (C=O) groups excluding carboxylic acids is 1. The second-order valence-electron chi connectivity index (χ2n) is 5.94. The van der Waals surface area contributed by atoms with E-state index in [1.165, 1.54) is 11.8 Å². The first-order valence-corrected chi connectivity index (χ1v) is 7.96. The number of carboxylic acid groups (broad SMARTS) is 1. The molecule has 1 unspecified atom stereocenters. The van der Waals surface area contributed by atoms with Crippen LogP contribution >= 0.6 is 0 Å². The summed E-state index contributed by atoms with van der Waals surface area (Å²) >= 11 is 0. The van der Waals surface area contributed by atoms with Crippen molar-refractivity contribution in [1.29, 1.82) is 0 Å². The summed E-state index contributed by atoms with van der Waals surface area (Å²) in [4.78, 5) is 24.2. The number of anilines is 1. The van der Waals surface area contributed by atoms with Gasteiger partial charge in [0, 0.05) is 25.2 Å². The summed E-state index contributed by atoms with van der Waals surface area (Å²) < 4.78 is 44.1. The van der Waals surface area contributed by atoms with E-state index in [-0.39, 0.29) is 11.5 Å². The summed E-state index contributed by atoms with van der Waals surface area (Å²) in [5.74, 6) is -1.22. The van der Waals surface area contributed by atoms with E-state index in [1.54, 1.807) is 38.2 Å². The van der Waals surface area contributed by atoms with Crippen molar-refractivity contribution in [1.82, 2.24) is 0 Å². The number of hydrogen-bond donors (Lipinski definition) is 1. The molecule has 2 aromatic rings. The van der Waals surface area contributed by atoms with E-state index < -0.39 is 29.4 Å². The Morgan fingerprint density at radius 1 is 1.11 bits per heavy atom. The van der Waals surface area contributed by atoms with Gasteiger partial charge in [-0.25, -0.2) is 4.79 Å². The fourth-order valence-corrected chi connectivity index (χ4v) is 2.47. The molecule has 0 aliphatic heterocycles. The molecule has 2 aromatic carbocycles. The molecule has 144 valence electrons. The molecule has 8 heteroatoms. The number of amides is 1. The Morgan fingerprint density at radius 3 is 2.19 bits per heavy atom. The molecule has 0 aliphatic carbocycles. The number of halogens is 3. The van der Waals surface area contributed by atoms with Crippen LogP contribution in [0.3, 0.4) is 0 Å². The largest absolute Gasteiger partial charge is 0.486 e. The van der Waals surface area contributed by atoms with Gasteiger partial charge in [-0.3, -0.25) is 4.79 Å². The molecule has 1 amide bonds. The van der Waals surface area contributed by atoms with Crippen molar-refractivity contribution >= 4 is 17.6 Å². The van der Waals surface area contributed by atoms with Crippen LogP contribution in [0.15, 0.2) is 42.5 Å². The quantitative estimate of drug-likeness (QED) is 0.827. The topological polar surface area (TPSA) is 66.8 Å². The van der Waals surface area contributed by atoms with Crippen molar-refractivity contribution in [2.24, 2.45) is 0 Å². The molecule has 0 spiro atoms. The lowest BCUT2D eigenvalue weighted by Gasteiger charge is -2.19. The van der Waals surface area contributed by atoms with E-state index in [1.807, 2.05) is 0 Å². The van der Waals surface area contributed by atoms with Gasteiger partial charge in [0.2, 0.25) is 5.91 Å². The number of ether oxygens (including phenoxy) is 1. The average Bonchev–Trinajstić information content (AvgIpc) is 2.60. The Balaban J connectivity index is 2.26. The monoisotopic (exact) mass is 381 g/mol. The molecule has 0 fully saturated rings. The number of benzene rings is 2. The molecule has 27 heavy (non-hydrogen) atoms. The Morgan fingerprint density at radius 2 is 1.70 bits per heavy atom. The van der Waals surface area contributed by atoms with Gasteiger partial charge in [-0.05, 0) is 43.3 Å². The number of alkyl halides is 3. The highest BCUT2D eigenvalue weighted by Gasteiger charge is 2.32. The van der Waals surface area contributed by atoms with Crippen molar-refractivity contribution in [3.8, 4) is 5.75 Å². The smallest absolute Gasteiger partial charge is 0.416 e. The first kappa shape index (κ1) is 20.3. The lowest BCUT2D eigenvalue weighted by Crippen LogP contribution is -2.22. The maximum absolute atomic E-state index is 12.8. The standard InChI is InChI=1S/C19H18F3NO4/c1-11(27-15-7-5-14(6-8-15)23(3)12(2)24)16-9-4-13(19(20,21)22)10-17(16)18(25)26/h4-11H,1-3H3,(H,25,26). The van der Waals surface area contributed by atoms with E-state index in [4.69, 9.17) is 4.74 Å². The van der Waals surface area contributed by atoms with Gasteiger partial charge in [0.15, 0.2) is 0 Å². The van der Waals surface area contributed by atoms with Crippen LogP contribution in [0.2, 0.25) is 0 Å². The Labute approximate surface area is 154 Å². The van der Waals surface area contributed by atoms with Crippen molar-refractivity contribution in [3.63, 3.8) is 0 Å². The zero-order valence-corrected chi connectivity index (χ0v) is 14.9. The maximum Gasteiger partial charge on any atom is 0.416 e. The van der Waals surface area contributed by atoms with Gasteiger partial charge in [0.05, 0.1) is 11.1 Å². The maximum atomic E-state index is 12.8. The van der Waals surface area contributed by atoms with Crippen molar-refractivity contribution < 1.29 is 32.6 Å². The van der Waals surface area contributed by atoms with E-state index >= 15 is 0 Å². The summed E-state index contributed by atoms with van der Waals surface area (Å²) in [7, 11) is 1.61. The number of aromatic carboxylic acids is 1. The van der Waals surface area contributed by atoms with Gasteiger partial charge in [-0.1, -0.05) is 6.07 Å². The second kappa shape index (κ2) is 7.69. The van der Waals surface area contributed by atoms with Gasteiger partial charge in [-0.15, -0.1) is 0 Å². The van der Waals surface area contributed by atoms with E-state index in [0.717, 1.165) is 12.1 Å². The highest BCUT2D eigenvalue weighted by Crippen LogP contribution is 2.33. The van der Waals surface area contributed by atoms with Crippen LogP contribution in [0.1, 0.15) is 41.4 Å². The van der Waals surface area contributed by atoms with Crippen LogP contribution in [-0.2, 0) is 11.0 Å². The molecule has 5 nitrogen and oxygen atoms in total.